The second-order valence-corrected chi connectivity index (χ2v) is 7.69. The molecule has 2 atom stereocenters. The quantitative estimate of drug-likeness (QED) is 0.849. The number of hydrogen-bond acceptors (Lipinski definition) is 4. The molecule has 0 saturated carbocycles. The molecule has 102 valence electrons. The Morgan fingerprint density at radius 1 is 1.39 bits per heavy atom. The fraction of sp³-hybridized carbons (Fsp3) is 0.929. The van der Waals surface area contributed by atoms with Crippen LogP contribution < -0.4 is 5.32 Å². The lowest BCUT2D eigenvalue weighted by Crippen LogP contribution is -2.56. The first kappa shape index (κ1) is 12.8. The van der Waals surface area contributed by atoms with Crippen LogP contribution >= 0.6 is 11.8 Å². The highest BCUT2D eigenvalue weighted by Gasteiger charge is 2.35. The summed E-state index contributed by atoms with van der Waals surface area (Å²) in [5.74, 6) is 1.68. The van der Waals surface area contributed by atoms with Crippen molar-refractivity contribution in [2.75, 3.05) is 26.2 Å². The van der Waals surface area contributed by atoms with Crippen LogP contribution in [0.3, 0.4) is 0 Å². The Balaban J connectivity index is 1.49. The van der Waals surface area contributed by atoms with E-state index in [9.17, 15) is 0 Å². The molecule has 0 amide bonds. The molecular weight excluding hydrogens is 242 g/mol. The van der Waals surface area contributed by atoms with Crippen LogP contribution in [0.2, 0.25) is 0 Å². The molecule has 18 heavy (non-hydrogen) atoms. The number of hydrogen-bond donors (Lipinski definition) is 1. The van der Waals surface area contributed by atoms with Crippen molar-refractivity contribution in [2.24, 2.45) is 16.8 Å². The van der Waals surface area contributed by atoms with Crippen LogP contribution in [0.4, 0.5) is 0 Å². The molecule has 2 bridgehead atoms. The lowest BCUT2D eigenvalue weighted by Gasteiger charge is -2.45. The van der Waals surface area contributed by atoms with E-state index in [1.54, 1.807) is 0 Å². The van der Waals surface area contributed by atoms with Crippen LogP contribution in [0.1, 0.15) is 33.1 Å². The molecule has 3 nitrogen and oxygen atoms in total. The molecule has 1 N–H and O–H groups in total. The van der Waals surface area contributed by atoms with E-state index in [-0.39, 0.29) is 0 Å². The highest BCUT2D eigenvalue weighted by molar-refractivity contribution is 8.14. The summed E-state index contributed by atoms with van der Waals surface area (Å²) in [4.78, 5) is 7.30. The number of aliphatic imine (C=N–C) groups is 1. The Hall–Kier alpha value is -0.220. The third kappa shape index (κ3) is 2.85. The fourth-order valence-electron chi connectivity index (χ4n) is 3.43. The zero-order valence-electron chi connectivity index (χ0n) is 11.6. The van der Waals surface area contributed by atoms with E-state index in [4.69, 9.17) is 4.99 Å². The molecule has 2 unspecified atom stereocenters. The maximum atomic E-state index is 4.70. The van der Waals surface area contributed by atoms with Gasteiger partial charge in [0, 0.05) is 17.8 Å². The van der Waals surface area contributed by atoms with Gasteiger partial charge in [0.05, 0.1) is 6.54 Å². The molecule has 3 saturated heterocycles. The van der Waals surface area contributed by atoms with E-state index < -0.39 is 0 Å². The number of amidine groups is 1. The first-order valence-electron chi connectivity index (χ1n) is 7.40. The van der Waals surface area contributed by atoms with Crippen molar-refractivity contribution >= 4 is 16.9 Å². The summed E-state index contributed by atoms with van der Waals surface area (Å²) in [7, 11) is 0. The number of fused-ring (bicyclic) bond motifs is 3. The van der Waals surface area contributed by atoms with Crippen molar-refractivity contribution in [1.29, 1.82) is 0 Å². The highest BCUT2D eigenvalue weighted by Crippen LogP contribution is 2.30. The van der Waals surface area contributed by atoms with Gasteiger partial charge in [0.2, 0.25) is 0 Å². The average Bonchev–Trinajstić information content (AvgIpc) is 2.77. The summed E-state index contributed by atoms with van der Waals surface area (Å²) in [6.07, 6.45) is 4.05. The Kier molecular flexibility index (Phi) is 3.85. The number of thioether (sulfide) groups is 1. The zero-order chi connectivity index (χ0) is 12.5. The van der Waals surface area contributed by atoms with Gasteiger partial charge in [-0.25, -0.2) is 0 Å². The van der Waals surface area contributed by atoms with Crippen LogP contribution in [0.15, 0.2) is 4.99 Å². The molecular formula is C14H25N3S. The maximum absolute atomic E-state index is 4.70. The molecule has 0 aliphatic carbocycles. The van der Waals surface area contributed by atoms with E-state index in [1.165, 1.54) is 44.1 Å². The van der Waals surface area contributed by atoms with Crippen molar-refractivity contribution in [3.8, 4) is 0 Å². The number of nitrogens with zero attached hydrogens (tertiary/aromatic N) is 2. The number of rotatable bonds is 3. The summed E-state index contributed by atoms with van der Waals surface area (Å²) >= 11 is 1.98. The first-order chi connectivity index (χ1) is 8.70. The number of piperidine rings is 3. The summed E-state index contributed by atoms with van der Waals surface area (Å²) in [6, 6.07) is 0.663. The van der Waals surface area contributed by atoms with Crippen molar-refractivity contribution in [2.45, 2.75) is 44.4 Å². The van der Waals surface area contributed by atoms with E-state index >= 15 is 0 Å². The van der Waals surface area contributed by atoms with Gasteiger partial charge in [-0.15, -0.1) is 0 Å². The molecule has 4 aliphatic rings. The second-order valence-electron chi connectivity index (χ2n) is 6.40. The molecule has 3 fully saturated rings. The molecule has 4 aliphatic heterocycles. The van der Waals surface area contributed by atoms with Crippen molar-refractivity contribution < 1.29 is 0 Å². The molecule has 4 heteroatoms. The molecule has 0 aromatic heterocycles. The Morgan fingerprint density at radius 2 is 2.17 bits per heavy atom. The Bertz CT molecular complexity index is 321. The van der Waals surface area contributed by atoms with Crippen molar-refractivity contribution in [3.63, 3.8) is 0 Å². The van der Waals surface area contributed by atoms with Gasteiger partial charge >= 0.3 is 0 Å². The minimum Gasteiger partial charge on any atom is -0.361 e. The van der Waals surface area contributed by atoms with E-state index in [0.29, 0.717) is 11.3 Å². The molecule has 0 aromatic carbocycles. The average molecular weight is 267 g/mol. The third-order valence-electron chi connectivity index (χ3n) is 4.42. The standard InChI is InChI=1S/C14H25N3S/c1-10(2)7-12-8-15-14(18-12)16-13-9-17-5-3-11(13)4-6-17/h10-13H,3-9H2,1-2H3,(H,15,16). The maximum Gasteiger partial charge on any atom is 0.157 e. The van der Waals surface area contributed by atoms with E-state index in [1.807, 2.05) is 11.8 Å². The Morgan fingerprint density at radius 3 is 2.78 bits per heavy atom. The summed E-state index contributed by atoms with van der Waals surface area (Å²) in [5.41, 5.74) is 0. The second kappa shape index (κ2) is 5.41. The third-order valence-corrected chi connectivity index (χ3v) is 5.56. The van der Waals surface area contributed by atoms with Crippen LogP contribution in [-0.4, -0.2) is 47.5 Å². The SMILES string of the molecule is CC(C)CC1CN=C(NC2CN3CCC2CC3)S1. The van der Waals surface area contributed by atoms with Crippen LogP contribution in [0.25, 0.3) is 0 Å². The van der Waals surface area contributed by atoms with Crippen molar-refractivity contribution in [3.05, 3.63) is 0 Å². The van der Waals surface area contributed by atoms with E-state index in [2.05, 4.69) is 24.1 Å². The first-order valence-corrected chi connectivity index (χ1v) is 8.28. The molecule has 4 heterocycles. The van der Waals surface area contributed by atoms with Gasteiger partial charge in [-0.3, -0.25) is 4.99 Å². The summed E-state index contributed by atoms with van der Waals surface area (Å²) in [6.45, 7) is 9.50. The van der Waals surface area contributed by atoms with Gasteiger partial charge < -0.3 is 10.2 Å². The van der Waals surface area contributed by atoms with Gasteiger partial charge in [0.15, 0.2) is 5.17 Å². The van der Waals surface area contributed by atoms with Crippen molar-refractivity contribution in [1.82, 2.24) is 10.2 Å². The summed E-state index contributed by atoms with van der Waals surface area (Å²) < 4.78 is 0. The van der Waals surface area contributed by atoms with Gasteiger partial charge in [-0.1, -0.05) is 25.6 Å². The predicted molar refractivity (Wildman–Crippen MR) is 79.2 cm³/mol. The summed E-state index contributed by atoms with van der Waals surface area (Å²) in [5, 5.41) is 5.66. The fourth-order valence-corrected chi connectivity index (χ4v) is 4.75. The minimum atomic E-state index is 0.663. The minimum absolute atomic E-state index is 0.663. The molecule has 0 aromatic rings. The largest absolute Gasteiger partial charge is 0.361 e. The lowest BCUT2D eigenvalue weighted by atomic mass is 9.84. The van der Waals surface area contributed by atoms with Gasteiger partial charge in [-0.05, 0) is 44.2 Å². The number of nitrogens with one attached hydrogen (secondary N) is 1. The van der Waals surface area contributed by atoms with Crippen LogP contribution in [0.5, 0.6) is 0 Å². The zero-order valence-corrected chi connectivity index (χ0v) is 12.4. The smallest absolute Gasteiger partial charge is 0.157 e. The molecule has 0 spiro atoms. The van der Waals surface area contributed by atoms with Crippen LogP contribution in [0, 0.1) is 11.8 Å². The monoisotopic (exact) mass is 267 g/mol. The van der Waals surface area contributed by atoms with Gasteiger partial charge in [0.25, 0.3) is 0 Å². The highest BCUT2D eigenvalue weighted by atomic mass is 32.2. The van der Waals surface area contributed by atoms with E-state index in [0.717, 1.165) is 18.4 Å². The predicted octanol–water partition coefficient (Wildman–Crippen LogP) is 2.19. The lowest BCUT2D eigenvalue weighted by molar-refractivity contribution is 0.0816. The Labute approximate surface area is 115 Å². The molecule has 0 radical (unpaired) electrons. The topological polar surface area (TPSA) is 27.6 Å². The van der Waals surface area contributed by atoms with Gasteiger partial charge in [-0.2, -0.15) is 0 Å². The van der Waals surface area contributed by atoms with Gasteiger partial charge in [0.1, 0.15) is 0 Å². The normalized spacial score (nSPS) is 39.2. The van der Waals surface area contributed by atoms with Crippen LogP contribution in [-0.2, 0) is 0 Å². The molecule has 4 rings (SSSR count).